The molecule has 12 nitrogen and oxygen atoms in total. The first-order chi connectivity index (χ1) is 27.6. The lowest BCUT2D eigenvalue weighted by Crippen LogP contribution is -2.37. The zero-order valence-corrected chi connectivity index (χ0v) is 38.6. The minimum atomic E-state index is -4.43. The highest BCUT2D eigenvalue weighted by Crippen LogP contribution is 2.49. The third kappa shape index (κ3) is 10.9. The van der Waals surface area contributed by atoms with Crippen LogP contribution in [0, 0.1) is 0 Å². The number of nitrogens with zero attached hydrogens (tertiary/aromatic N) is 5. The van der Waals surface area contributed by atoms with Gasteiger partial charge in [-0.1, -0.05) is 19.9 Å². The Kier molecular flexibility index (Phi) is 13.3. The molecule has 324 valence electrons. The number of anilines is 1. The van der Waals surface area contributed by atoms with Gasteiger partial charge in [-0.05, 0) is 78.9 Å². The second-order valence-corrected chi connectivity index (χ2v) is 22.3. The van der Waals surface area contributed by atoms with Crippen LogP contribution in [0.5, 0.6) is 0 Å². The van der Waals surface area contributed by atoms with Crippen molar-refractivity contribution in [3.05, 3.63) is 108 Å². The Hall–Kier alpha value is -4.44. The quantitative estimate of drug-likeness (QED) is 0.0485. The lowest BCUT2D eigenvalue weighted by Gasteiger charge is -2.29. The molecule has 0 amide bonds. The summed E-state index contributed by atoms with van der Waals surface area (Å²) in [7, 11) is 5.11. The summed E-state index contributed by atoms with van der Waals surface area (Å²) in [5, 5.41) is 9.30. The highest BCUT2D eigenvalue weighted by molar-refractivity contribution is 7.95. The largest absolute Gasteiger partial charge is 0.481 e. The summed E-state index contributed by atoms with van der Waals surface area (Å²) >= 11 is 0. The second kappa shape index (κ2) is 17.1. The molecular weight excluding hydrogens is 799 g/mol. The maximum Gasteiger partial charge on any atom is 0.309 e. The van der Waals surface area contributed by atoms with Crippen LogP contribution in [0.4, 0.5) is 11.4 Å². The van der Waals surface area contributed by atoms with E-state index < -0.39 is 36.7 Å². The average molecular weight is 864 g/mol. The van der Waals surface area contributed by atoms with Crippen molar-refractivity contribution in [1.29, 1.82) is 0 Å². The van der Waals surface area contributed by atoms with Crippen molar-refractivity contribution in [3.63, 3.8) is 0 Å². The van der Waals surface area contributed by atoms with Crippen LogP contribution in [0.2, 0.25) is 0 Å². The Morgan fingerprint density at radius 1 is 0.817 bits per heavy atom. The molecule has 0 spiro atoms. The van der Waals surface area contributed by atoms with E-state index >= 15 is 0 Å². The molecule has 0 saturated carbocycles. The van der Waals surface area contributed by atoms with Crippen LogP contribution in [-0.2, 0) is 42.1 Å². The summed E-state index contributed by atoms with van der Waals surface area (Å²) in [5.74, 6) is 2.66. The lowest BCUT2D eigenvalue weighted by atomic mass is 9.81. The van der Waals surface area contributed by atoms with Crippen molar-refractivity contribution in [2.45, 2.75) is 74.1 Å². The van der Waals surface area contributed by atoms with Gasteiger partial charge in [-0.3, -0.25) is 9.35 Å². The zero-order valence-electron chi connectivity index (χ0n) is 37.0. The van der Waals surface area contributed by atoms with Gasteiger partial charge in [0, 0.05) is 59.6 Å². The molecule has 0 saturated heterocycles. The Labute approximate surface area is 357 Å². The van der Waals surface area contributed by atoms with E-state index in [-0.39, 0.29) is 16.2 Å². The lowest BCUT2D eigenvalue weighted by molar-refractivity contribution is -0.871. The fourth-order valence-corrected chi connectivity index (χ4v) is 9.25. The minimum absolute atomic E-state index is 0.00346. The summed E-state index contributed by atoms with van der Waals surface area (Å²) in [6.45, 7) is 12.0. The molecule has 5 rings (SSSR count). The standard InChI is InChI=1S/C46H62N5O7S2/c1-45(2)38-32-36(59(11,54)55)16-18-40(38)48(25-12-30-50(5,6)7)42(45)20-14-34(35-22-27-47(28-23-35)29-24-44(52)53)15-21-43-46(3,4)39-33-37(60(56,57)58)17-19-41(39)49(43)26-13-31-51(8,9)10/h14-23,27-28,32-33H,11-13,24-26,29-31H2,1-10H3/q+1/p+3. The number of aryl methyl sites for hydroxylation is 1. The molecule has 2 aliphatic heterocycles. The molecular formula is C46H65N5O7S2+4. The van der Waals surface area contributed by atoms with E-state index in [4.69, 9.17) is 0 Å². The van der Waals surface area contributed by atoms with E-state index in [0.29, 0.717) is 13.1 Å². The predicted molar refractivity (Wildman–Crippen MR) is 241 cm³/mol. The van der Waals surface area contributed by atoms with Crippen LogP contribution in [0.1, 0.15) is 63.6 Å². The second-order valence-electron chi connectivity index (χ2n) is 19.1. The first-order valence-corrected chi connectivity index (χ1v) is 23.4. The van der Waals surface area contributed by atoms with Gasteiger partial charge in [0.15, 0.2) is 31.2 Å². The number of pyridine rings is 1. The number of hydrogen-bond donors (Lipinski definition) is 3. The van der Waals surface area contributed by atoms with E-state index in [1.807, 2.05) is 41.2 Å². The first-order valence-electron chi connectivity index (χ1n) is 20.3. The van der Waals surface area contributed by atoms with Crippen LogP contribution >= 0.6 is 0 Å². The van der Waals surface area contributed by atoms with E-state index in [2.05, 4.69) is 110 Å². The molecule has 3 heterocycles. The average Bonchev–Trinajstić information content (AvgIpc) is 3.46. The maximum atomic E-state index is 12.7. The van der Waals surface area contributed by atoms with Gasteiger partial charge in [-0.25, -0.2) is 8.78 Å². The molecule has 1 aromatic heterocycles. The summed E-state index contributed by atoms with van der Waals surface area (Å²) in [4.78, 5) is 13.7. The molecule has 2 aromatic carbocycles. The van der Waals surface area contributed by atoms with Gasteiger partial charge < -0.3 is 23.5 Å². The van der Waals surface area contributed by atoms with Gasteiger partial charge in [0.25, 0.3) is 10.1 Å². The number of aliphatic carboxylic acids is 1. The van der Waals surface area contributed by atoms with E-state index in [0.717, 1.165) is 86.5 Å². The van der Waals surface area contributed by atoms with E-state index in [1.54, 1.807) is 18.2 Å². The molecule has 14 heteroatoms. The van der Waals surface area contributed by atoms with Gasteiger partial charge in [-0.15, -0.1) is 0 Å². The minimum Gasteiger partial charge on any atom is -0.481 e. The number of fused-ring (bicyclic) bond motifs is 2. The van der Waals surface area contributed by atoms with Crippen molar-refractivity contribution in [2.24, 2.45) is 0 Å². The predicted octanol–water partition coefficient (Wildman–Crippen LogP) is 6.13. The van der Waals surface area contributed by atoms with Crippen molar-refractivity contribution < 1.29 is 49.7 Å². The molecule has 0 radical (unpaired) electrons. The molecule has 1 unspecified atom stereocenters. The number of rotatable bonds is 17. The van der Waals surface area contributed by atoms with Gasteiger partial charge >= 0.3 is 5.97 Å². The molecule has 3 aromatic rings. The molecule has 60 heavy (non-hydrogen) atoms. The zero-order chi connectivity index (χ0) is 44.6. The third-order valence-corrected chi connectivity index (χ3v) is 13.3. The SMILES string of the molecule is C=S(=O)(O)c1ccc2c(c1)C(C)(C)C(C=CC(=CC=C1N(CCC[N+](C)(C)C)c3ccc(S(=O)(=O)O)cc3C1(C)C)c1cc[n+](CCC(=O)O)cc1)=[N+]2CCC[N+](C)(C)C. The van der Waals surface area contributed by atoms with Gasteiger partial charge in [0.2, 0.25) is 5.69 Å². The third-order valence-electron chi connectivity index (χ3n) is 11.5. The Balaban J connectivity index is 1.68. The van der Waals surface area contributed by atoms with E-state index in [9.17, 15) is 31.6 Å². The fraction of sp³-hybridized carbons (Fsp3) is 0.435. The maximum absolute atomic E-state index is 12.7. The molecule has 0 fully saturated rings. The number of carboxylic acid groups (broad SMARTS) is 1. The molecule has 3 N–H and O–H groups in total. The number of quaternary nitrogens is 2. The molecule has 1 atom stereocenters. The summed E-state index contributed by atoms with van der Waals surface area (Å²) in [6, 6.07) is 14.2. The van der Waals surface area contributed by atoms with Gasteiger partial charge in [0.05, 0.1) is 77.0 Å². The van der Waals surface area contributed by atoms with Crippen LogP contribution in [-0.4, -0.2) is 126 Å². The van der Waals surface area contributed by atoms with Gasteiger partial charge in [-0.2, -0.15) is 13.0 Å². The van der Waals surface area contributed by atoms with E-state index in [1.165, 1.54) is 6.07 Å². The number of aromatic nitrogens is 1. The van der Waals surface area contributed by atoms with Crippen LogP contribution in [0.25, 0.3) is 5.57 Å². The highest BCUT2D eigenvalue weighted by Gasteiger charge is 2.45. The van der Waals surface area contributed by atoms with Crippen LogP contribution in [0.3, 0.4) is 0 Å². The number of carboxylic acids is 1. The fourth-order valence-electron chi connectivity index (χ4n) is 8.17. The number of hydrogen-bond acceptors (Lipinski definition) is 5. The van der Waals surface area contributed by atoms with Crippen molar-refractivity contribution in [2.75, 3.05) is 73.4 Å². The highest BCUT2D eigenvalue weighted by atomic mass is 32.2. The summed E-state index contributed by atoms with van der Waals surface area (Å²) in [5.41, 5.74) is 6.25. The number of allylic oxidation sites excluding steroid dienone is 6. The Morgan fingerprint density at radius 3 is 2.00 bits per heavy atom. The van der Waals surface area contributed by atoms with Crippen LogP contribution in [0.15, 0.2) is 101 Å². The van der Waals surface area contributed by atoms with Crippen molar-refractivity contribution in [3.8, 4) is 0 Å². The Morgan fingerprint density at radius 2 is 1.42 bits per heavy atom. The van der Waals surface area contributed by atoms with Gasteiger partial charge in [0.1, 0.15) is 16.2 Å². The monoisotopic (exact) mass is 863 g/mol. The molecule has 0 aliphatic carbocycles. The summed E-state index contributed by atoms with van der Waals surface area (Å²) in [6.07, 6.45) is 13.9. The smallest absolute Gasteiger partial charge is 0.309 e. The molecule has 0 bridgehead atoms. The number of benzene rings is 2. The normalized spacial score (nSPS) is 18.3. The summed E-state index contributed by atoms with van der Waals surface area (Å²) < 4.78 is 63.5. The Bertz CT molecular complexity index is 2490. The van der Waals surface area contributed by atoms with Crippen molar-refractivity contribution in [1.82, 2.24) is 0 Å². The molecule has 2 aliphatic rings. The van der Waals surface area contributed by atoms with Crippen LogP contribution < -0.4 is 9.47 Å². The first kappa shape index (κ1) is 46.6. The number of carbonyl (C=O) groups is 1. The van der Waals surface area contributed by atoms with Crippen molar-refractivity contribution >= 4 is 54.4 Å². The topological polar surface area (TPSA) is 139 Å².